The Kier molecular flexibility index (Phi) is 3.23. The molecule has 0 saturated carbocycles. The molecule has 1 saturated heterocycles. The Bertz CT molecular complexity index is 498. The van der Waals surface area contributed by atoms with E-state index in [9.17, 15) is 14.7 Å². The number of amides is 1. The Hall–Kier alpha value is -2.04. The van der Waals surface area contributed by atoms with Crippen LogP contribution in [-0.4, -0.2) is 33.5 Å². The smallest absolute Gasteiger partial charge is 0.335 e. The van der Waals surface area contributed by atoms with Crippen molar-refractivity contribution in [3.05, 3.63) is 29.3 Å². The molecule has 1 aliphatic heterocycles. The first kappa shape index (κ1) is 12.4. The number of phenols is 1. The van der Waals surface area contributed by atoms with Gasteiger partial charge in [0.05, 0.1) is 5.56 Å². The van der Waals surface area contributed by atoms with Crippen molar-refractivity contribution in [1.82, 2.24) is 4.90 Å². The summed E-state index contributed by atoms with van der Waals surface area (Å²) < 4.78 is 0. The molecular formula is C13H15NO4. The third-order valence-corrected chi connectivity index (χ3v) is 3.10. The van der Waals surface area contributed by atoms with E-state index < -0.39 is 5.97 Å². The van der Waals surface area contributed by atoms with E-state index in [0.717, 1.165) is 0 Å². The summed E-state index contributed by atoms with van der Waals surface area (Å²) in [6.45, 7) is 3.01. The quantitative estimate of drug-likeness (QED) is 0.850. The highest BCUT2D eigenvalue weighted by atomic mass is 16.4. The first-order valence-electron chi connectivity index (χ1n) is 5.80. The van der Waals surface area contributed by atoms with E-state index >= 15 is 0 Å². The number of aromatic hydroxyl groups is 1. The van der Waals surface area contributed by atoms with E-state index in [1.807, 2.05) is 6.92 Å². The molecule has 1 aromatic carbocycles. The van der Waals surface area contributed by atoms with E-state index in [-0.39, 0.29) is 17.2 Å². The molecule has 0 bridgehead atoms. The summed E-state index contributed by atoms with van der Waals surface area (Å²) in [6, 6.07) is 4.19. The lowest BCUT2D eigenvalue weighted by atomic mass is 10.1. The summed E-state index contributed by atoms with van der Waals surface area (Å²) in [5.41, 5.74) is 0.611. The van der Waals surface area contributed by atoms with Crippen molar-refractivity contribution in [2.45, 2.75) is 19.9 Å². The van der Waals surface area contributed by atoms with E-state index in [4.69, 9.17) is 5.11 Å². The standard InChI is InChI=1S/C13H15NO4/c1-8-4-12(16)14(6-8)7-10-3-2-9(13(17)18)5-11(10)15/h2-3,5,8,15H,4,6-7H2,1H3,(H,17,18)/t8-/m0/s1. The van der Waals surface area contributed by atoms with Gasteiger partial charge in [0.2, 0.25) is 5.91 Å². The zero-order valence-electron chi connectivity index (χ0n) is 10.1. The van der Waals surface area contributed by atoms with Gasteiger partial charge in [-0.1, -0.05) is 13.0 Å². The van der Waals surface area contributed by atoms with Gasteiger partial charge < -0.3 is 15.1 Å². The first-order chi connectivity index (χ1) is 8.47. The summed E-state index contributed by atoms with van der Waals surface area (Å²) in [6.07, 6.45) is 0.536. The number of carboxylic acids is 1. The number of carbonyl (C=O) groups is 2. The molecule has 0 spiro atoms. The molecule has 0 aliphatic carbocycles. The Labute approximate surface area is 105 Å². The molecule has 5 nitrogen and oxygen atoms in total. The number of likely N-dealkylation sites (tertiary alicyclic amines) is 1. The average Bonchev–Trinajstić information content (AvgIpc) is 2.60. The lowest BCUT2D eigenvalue weighted by molar-refractivity contribution is -0.128. The highest BCUT2D eigenvalue weighted by molar-refractivity contribution is 5.88. The Morgan fingerprint density at radius 1 is 1.50 bits per heavy atom. The number of hydrogen-bond donors (Lipinski definition) is 2. The molecule has 0 aromatic heterocycles. The monoisotopic (exact) mass is 249 g/mol. The predicted octanol–water partition coefficient (Wildman–Crippen LogP) is 1.46. The van der Waals surface area contributed by atoms with Crippen molar-refractivity contribution in [2.24, 2.45) is 5.92 Å². The van der Waals surface area contributed by atoms with Gasteiger partial charge in [0, 0.05) is 25.1 Å². The summed E-state index contributed by atoms with van der Waals surface area (Å²) in [5, 5.41) is 18.5. The van der Waals surface area contributed by atoms with E-state index in [1.165, 1.54) is 12.1 Å². The van der Waals surface area contributed by atoms with Gasteiger partial charge in [-0.3, -0.25) is 4.79 Å². The van der Waals surface area contributed by atoms with E-state index in [2.05, 4.69) is 0 Å². The number of hydrogen-bond acceptors (Lipinski definition) is 3. The molecule has 2 rings (SSSR count). The molecule has 1 fully saturated rings. The van der Waals surface area contributed by atoms with Crippen LogP contribution in [0.3, 0.4) is 0 Å². The van der Waals surface area contributed by atoms with Crippen molar-refractivity contribution in [3.63, 3.8) is 0 Å². The lowest BCUT2D eigenvalue weighted by Crippen LogP contribution is -2.24. The molecule has 1 aromatic rings. The summed E-state index contributed by atoms with van der Waals surface area (Å²) in [7, 11) is 0. The number of benzene rings is 1. The lowest BCUT2D eigenvalue weighted by Gasteiger charge is -2.17. The number of carbonyl (C=O) groups excluding carboxylic acids is 1. The molecule has 1 atom stereocenters. The molecule has 96 valence electrons. The molecule has 18 heavy (non-hydrogen) atoms. The van der Waals surface area contributed by atoms with Crippen molar-refractivity contribution >= 4 is 11.9 Å². The van der Waals surface area contributed by atoms with Crippen LogP contribution < -0.4 is 0 Å². The molecular weight excluding hydrogens is 234 g/mol. The fraction of sp³-hybridized carbons (Fsp3) is 0.385. The van der Waals surface area contributed by atoms with Crippen LogP contribution in [0.1, 0.15) is 29.3 Å². The Morgan fingerprint density at radius 3 is 2.72 bits per heavy atom. The SMILES string of the molecule is C[C@H]1CC(=O)N(Cc2ccc(C(=O)O)cc2O)C1. The minimum atomic E-state index is -1.08. The van der Waals surface area contributed by atoms with Gasteiger partial charge in [-0.05, 0) is 18.1 Å². The van der Waals surface area contributed by atoms with Crippen molar-refractivity contribution in [2.75, 3.05) is 6.54 Å². The number of aromatic carboxylic acids is 1. The van der Waals surface area contributed by atoms with Crippen LogP contribution in [0.15, 0.2) is 18.2 Å². The number of nitrogens with zero attached hydrogens (tertiary/aromatic N) is 1. The van der Waals surface area contributed by atoms with Crippen molar-refractivity contribution < 1.29 is 19.8 Å². The number of carboxylic acid groups (broad SMARTS) is 1. The van der Waals surface area contributed by atoms with Gasteiger partial charge in [0.15, 0.2) is 0 Å². The van der Waals surface area contributed by atoms with Gasteiger partial charge in [-0.2, -0.15) is 0 Å². The van der Waals surface area contributed by atoms with Crippen LogP contribution in [0.25, 0.3) is 0 Å². The number of phenolic OH excluding ortho intramolecular Hbond substituents is 1. The highest BCUT2D eigenvalue weighted by Gasteiger charge is 2.26. The normalized spacial score (nSPS) is 19.3. The molecule has 0 unspecified atom stereocenters. The molecule has 1 amide bonds. The third kappa shape index (κ3) is 2.45. The van der Waals surface area contributed by atoms with E-state index in [1.54, 1.807) is 11.0 Å². The fourth-order valence-electron chi connectivity index (χ4n) is 2.16. The zero-order valence-corrected chi connectivity index (χ0v) is 10.1. The maximum absolute atomic E-state index is 11.6. The van der Waals surface area contributed by atoms with Crippen LogP contribution in [0.2, 0.25) is 0 Å². The topological polar surface area (TPSA) is 77.8 Å². The van der Waals surface area contributed by atoms with Crippen molar-refractivity contribution in [3.8, 4) is 5.75 Å². The molecule has 0 radical (unpaired) electrons. The minimum Gasteiger partial charge on any atom is -0.508 e. The van der Waals surface area contributed by atoms with Gasteiger partial charge in [-0.15, -0.1) is 0 Å². The third-order valence-electron chi connectivity index (χ3n) is 3.10. The summed E-state index contributed by atoms with van der Waals surface area (Å²) >= 11 is 0. The Morgan fingerprint density at radius 2 is 2.22 bits per heavy atom. The summed E-state index contributed by atoms with van der Waals surface area (Å²) in [4.78, 5) is 24.0. The molecule has 5 heteroatoms. The highest BCUT2D eigenvalue weighted by Crippen LogP contribution is 2.24. The van der Waals surface area contributed by atoms with Crippen LogP contribution in [0, 0.1) is 5.92 Å². The second kappa shape index (κ2) is 4.68. The van der Waals surface area contributed by atoms with Crippen molar-refractivity contribution in [1.29, 1.82) is 0 Å². The second-order valence-electron chi connectivity index (χ2n) is 4.73. The Balaban J connectivity index is 2.15. The van der Waals surface area contributed by atoms with Crippen LogP contribution in [0.5, 0.6) is 5.75 Å². The maximum atomic E-state index is 11.6. The first-order valence-corrected chi connectivity index (χ1v) is 5.80. The molecule has 2 N–H and O–H groups in total. The zero-order chi connectivity index (χ0) is 13.3. The van der Waals surface area contributed by atoms with Crippen LogP contribution in [0.4, 0.5) is 0 Å². The average molecular weight is 249 g/mol. The van der Waals surface area contributed by atoms with E-state index in [0.29, 0.717) is 31.0 Å². The minimum absolute atomic E-state index is 0.0392. The van der Waals surface area contributed by atoms with Gasteiger partial charge in [-0.25, -0.2) is 4.79 Å². The van der Waals surface area contributed by atoms with Gasteiger partial charge in [0.25, 0.3) is 0 Å². The largest absolute Gasteiger partial charge is 0.508 e. The van der Waals surface area contributed by atoms with Gasteiger partial charge in [0.1, 0.15) is 5.75 Å². The molecule has 1 aliphatic rings. The maximum Gasteiger partial charge on any atom is 0.335 e. The fourth-order valence-corrected chi connectivity index (χ4v) is 2.16. The summed E-state index contributed by atoms with van der Waals surface area (Å²) in [5.74, 6) is -0.757. The second-order valence-corrected chi connectivity index (χ2v) is 4.73. The van der Waals surface area contributed by atoms with Crippen LogP contribution >= 0.6 is 0 Å². The predicted molar refractivity (Wildman–Crippen MR) is 64.3 cm³/mol. The van der Waals surface area contributed by atoms with Gasteiger partial charge >= 0.3 is 5.97 Å². The molecule has 1 heterocycles. The number of rotatable bonds is 3. The van der Waals surface area contributed by atoms with Crippen LogP contribution in [-0.2, 0) is 11.3 Å².